The Hall–Kier alpha value is -2.12. The minimum absolute atomic E-state index is 0.0250. The van der Waals surface area contributed by atoms with E-state index in [0.29, 0.717) is 24.0 Å². The van der Waals surface area contributed by atoms with E-state index in [1.807, 2.05) is 29.6 Å². The van der Waals surface area contributed by atoms with Crippen molar-refractivity contribution in [2.75, 3.05) is 37.6 Å². The molecule has 2 amide bonds. The number of carbonyl (C=O) groups is 2. The summed E-state index contributed by atoms with van der Waals surface area (Å²) < 4.78 is 0. The SMILES string of the molecule is CC(C)c1nc(CC(=O)NCC(=O)N2CCN(c3cccc(Cl)c3)CC2)cs1. The molecule has 28 heavy (non-hydrogen) atoms. The summed E-state index contributed by atoms with van der Waals surface area (Å²) in [5.41, 5.74) is 1.82. The summed E-state index contributed by atoms with van der Waals surface area (Å²) in [6, 6.07) is 7.73. The average Bonchev–Trinajstić information content (AvgIpc) is 3.15. The molecule has 1 aliphatic rings. The lowest BCUT2D eigenvalue weighted by molar-refractivity contribution is -0.133. The molecule has 0 unspecified atom stereocenters. The summed E-state index contributed by atoms with van der Waals surface area (Å²) >= 11 is 7.62. The fourth-order valence-corrected chi connectivity index (χ4v) is 4.09. The predicted molar refractivity (Wildman–Crippen MR) is 113 cm³/mol. The largest absolute Gasteiger partial charge is 0.368 e. The minimum atomic E-state index is -0.175. The van der Waals surface area contributed by atoms with Crippen molar-refractivity contribution < 1.29 is 9.59 Å². The van der Waals surface area contributed by atoms with E-state index in [0.717, 1.165) is 29.5 Å². The van der Waals surface area contributed by atoms with Crippen molar-refractivity contribution in [1.82, 2.24) is 15.2 Å². The third-order valence-corrected chi connectivity index (χ3v) is 6.08. The van der Waals surface area contributed by atoms with Gasteiger partial charge >= 0.3 is 0 Å². The van der Waals surface area contributed by atoms with E-state index in [-0.39, 0.29) is 24.8 Å². The fraction of sp³-hybridized carbons (Fsp3) is 0.450. The Morgan fingerprint density at radius 1 is 1.25 bits per heavy atom. The van der Waals surface area contributed by atoms with Crippen molar-refractivity contribution in [1.29, 1.82) is 0 Å². The number of thiazole rings is 1. The van der Waals surface area contributed by atoms with Crippen molar-refractivity contribution in [2.45, 2.75) is 26.2 Å². The fourth-order valence-electron chi connectivity index (χ4n) is 3.07. The number of anilines is 1. The summed E-state index contributed by atoms with van der Waals surface area (Å²) in [5, 5.41) is 6.36. The molecule has 0 atom stereocenters. The molecule has 150 valence electrons. The van der Waals surface area contributed by atoms with E-state index in [1.165, 1.54) is 0 Å². The van der Waals surface area contributed by atoms with Gasteiger partial charge in [0, 0.05) is 48.2 Å². The van der Waals surface area contributed by atoms with Gasteiger partial charge in [0.25, 0.3) is 0 Å². The van der Waals surface area contributed by atoms with E-state index in [1.54, 1.807) is 16.2 Å². The maximum absolute atomic E-state index is 12.4. The lowest BCUT2D eigenvalue weighted by Crippen LogP contribution is -2.51. The predicted octanol–water partition coefficient (Wildman–Crippen LogP) is 2.93. The summed E-state index contributed by atoms with van der Waals surface area (Å²) in [7, 11) is 0. The lowest BCUT2D eigenvalue weighted by atomic mass is 10.2. The van der Waals surface area contributed by atoms with Crippen LogP contribution in [0.25, 0.3) is 0 Å². The molecule has 2 heterocycles. The van der Waals surface area contributed by atoms with Gasteiger partial charge in [0.1, 0.15) is 0 Å². The van der Waals surface area contributed by atoms with Crippen LogP contribution in [0.4, 0.5) is 5.69 Å². The maximum atomic E-state index is 12.4. The Morgan fingerprint density at radius 3 is 2.64 bits per heavy atom. The molecule has 1 aromatic carbocycles. The lowest BCUT2D eigenvalue weighted by Gasteiger charge is -2.36. The smallest absolute Gasteiger partial charge is 0.242 e. The number of rotatable bonds is 6. The molecule has 1 N–H and O–H groups in total. The van der Waals surface area contributed by atoms with Crippen LogP contribution >= 0.6 is 22.9 Å². The Labute approximate surface area is 174 Å². The molecule has 8 heteroatoms. The third-order valence-electron chi connectivity index (χ3n) is 4.65. The number of hydrogen-bond acceptors (Lipinski definition) is 5. The minimum Gasteiger partial charge on any atom is -0.368 e. The molecule has 1 fully saturated rings. The van der Waals surface area contributed by atoms with Gasteiger partial charge in [-0.05, 0) is 18.2 Å². The Bertz CT molecular complexity index is 831. The van der Waals surface area contributed by atoms with Crippen LogP contribution in [0.3, 0.4) is 0 Å². The van der Waals surface area contributed by atoms with Crippen LogP contribution in [0.15, 0.2) is 29.6 Å². The number of halogens is 1. The first-order chi connectivity index (χ1) is 13.4. The zero-order chi connectivity index (χ0) is 20.1. The Balaban J connectivity index is 1.42. The van der Waals surface area contributed by atoms with Gasteiger partial charge in [-0.2, -0.15) is 0 Å². The molecule has 1 aliphatic heterocycles. The summed E-state index contributed by atoms with van der Waals surface area (Å²) in [6.07, 6.45) is 0.207. The number of piperazine rings is 1. The van der Waals surface area contributed by atoms with Gasteiger partial charge in [0.15, 0.2) is 0 Å². The molecular weight excluding hydrogens is 396 g/mol. The molecule has 2 aromatic rings. The molecule has 6 nitrogen and oxygen atoms in total. The van der Waals surface area contributed by atoms with Crippen LogP contribution in [-0.4, -0.2) is 54.4 Å². The zero-order valence-electron chi connectivity index (χ0n) is 16.2. The molecule has 3 rings (SSSR count). The second-order valence-corrected chi connectivity index (χ2v) is 8.46. The number of carbonyl (C=O) groups excluding carboxylic acids is 2. The first-order valence-electron chi connectivity index (χ1n) is 9.41. The van der Waals surface area contributed by atoms with Gasteiger partial charge in [-0.15, -0.1) is 11.3 Å². The van der Waals surface area contributed by atoms with E-state index >= 15 is 0 Å². The van der Waals surface area contributed by atoms with Crippen LogP contribution < -0.4 is 10.2 Å². The highest BCUT2D eigenvalue weighted by atomic mass is 35.5. The van der Waals surface area contributed by atoms with E-state index in [9.17, 15) is 9.59 Å². The number of hydrogen-bond donors (Lipinski definition) is 1. The number of nitrogens with one attached hydrogen (secondary N) is 1. The maximum Gasteiger partial charge on any atom is 0.242 e. The summed E-state index contributed by atoms with van der Waals surface area (Å²) in [6.45, 7) is 6.93. The quantitative estimate of drug-likeness (QED) is 0.780. The molecule has 0 radical (unpaired) electrons. The number of aromatic nitrogens is 1. The molecule has 0 saturated carbocycles. The van der Waals surface area contributed by atoms with Gasteiger partial charge in [-0.1, -0.05) is 31.5 Å². The molecule has 0 aliphatic carbocycles. The molecule has 1 saturated heterocycles. The first kappa shape index (κ1) is 20.6. The monoisotopic (exact) mass is 420 g/mol. The Morgan fingerprint density at radius 2 is 2.00 bits per heavy atom. The van der Waals surface area contributed by atoms with Crippen molar-refractivity contribution in [2.24, 2.45) is 0 Å². The van der Waals surface area contributed by atoms with Crippen molar-refractivity contribution in [3.63, 3.8) is 0 Å². The van der Waals surface area contributed by atoms with Crippen LogP contribution in [0, 0.1) is 0 Å². The van der Waals surface area contributed by atoms with Gasteiger partial charge in [-0.25, -0.2) is 4.98 Å². The van der Waals surface area contributed by atoms with Gasteiger partial charge in [0.05, 0.1) is 23.7 Å². The van der Waals surface area contributed by atoms with Gasteiger partial charge in [-0.3, -0.25) is 9.59 Å². The summed E-state index contributed by atoms with van der Waals surface area (Å²) in [4.78, 5) is 33.0. The Kier molecular flexibility index (Phi) is 6.91. The van der Waals surface area contributed by atoms with Crippen molar-refractivity contribution in [3.8, 4) is 0 Å². The average molecular weight is 421 g/mol. The van der Waals surface area contributed by atoms with E-state index in [2.05, 4.69) is 29.0 Å². The second-order valence-electron chi connectivity index (χ2n) is 7.13. The highest BCUT2D eigenvalue weighted by molar-refractivity contribution is 7.09. The number of amides is 2. The van der Waals surface area contributed by atoms with E-state index < -0.39 is 0 Å². The zero-order valence-corrected chi connectivity index (χ0v) is 17.7. The van der Waals surface area contributed by atoms with Crippen LogP contribution in [0.5, 0.6) is 0 Å². The van der Waals surface area contributed by atoms with Crippen molar-refractivity contribution in [3.05, 3.63) is 45.4 Å². The normalized spacial score (nSPS) is 14.4. The molecule has 0 bridgehead atoms. The number of benzene rings is 1. The summed E-state index contributed by atoms with van der Waals surface area (Å²) in [5.74, 6) is 0.126. The highest BCUT2D eigenvalue weighted by Crippen LogP contribution is 2.21. The van der Waals surface area contributed by atoms with Crippen LogP contribution in [0.1, 0.15) is 30.5 Å². The van der Waals surface area contributed by atoms with Crippen LogP contribution in [-0.2, 0) is 16.0 Å². The second kappa shape index (κ2) is 9.39. The van der Waals surface area contributed by atoms with E-state index in [4.69, 9.17) is 11.6 Å². The number of nitrogens with zero attached hydrogens (tertiary/aromatic N) is 3. The molecular formula is C20H25ClN4O2S. The van der Waals surface area contributed by atoms with Crippen molar-refractivity contribution >= 4 is 40.4 Å². The standard InChI is InChI=1S/C20H25ClN4O2S/c1-14(2)20-23-16(13-28-20)11-18(26)22-12-19(27)25-8-6-24(7-9-25)17-5-3-4-15(21)10-17/h3-5,10,13-14H,6-9,11-12H2,1-2H3,(H,22,26). The van der Waals surface area contributed by atoms with Crippen LogP contribution in [0.2, 0.25) is 5.02 Å². The topological polar surface area (TPSA) is 65.5 Å². The first-order valence-corrected chi connectivity index (χ1v) is 10.7. The highest BCUT2D eigenvalue weighted by Gasteiger charge is 2.21. The molecule has 1 aromatic heterocycles. The third kappa shape index (κ3) is 5.45. The molecule has 0 spiro atoms. The van der Waals surface area contributed by atoms with Gasteiger partial charge < -0.3 is 15.1 Å². The van der Waals surface area contributed by atoms with Gasteiger partial charge in [0.2, 0.25) is 11.8 Å².